The van der Waals surface area contributed by atoms with Gasteiger partial charge in [0.2, 0.25) is 0 Å². The summed E-state index contributed by atoms with van der Waals surface area (Å²) in [6.45, 7) is 5.20. The summed E-state index contributed by atoms with van der Waals surface area (Å²) in [6, 6.07) is 0.679. The normalized spacial score (nSPS) is 27.0. The van der Waals surface area contributed by atoms with Crippen LogP contribution in [-0.2, 0) is 6.54 Å². The lowest BCUT2D eigenvalue weighted by molar-refractivity contribution is 0.534. The van der Waals surface area contributed by atoms with E-state index in [9.17, 15) is 0 Å². The summed E-state index contributed by atoms with van der Waals surface area (Å²) in [4.78, 5) is 7.41. The quantitative estimate of drug-likeness (QED) is 0.799. The van der Waals surface area contributed by atoms with Gasteiger partial charge in [-0.05, 0) is 13.3 Å². The highest BCUT2D eigenvalue weighted by Crippen LogP contribution is 2.25. The van der Waals surface area contributed by atoms with Crippen LogP contribution in [-0.4, -0.2) is 27.0 Å². The molecule has 14 heavy (non-hydrogen) atoms. The molecule has 0 spiro atoms. The first kappa shape index (κ1) is 10.1. The van der Waals surface area contributed by atoms with Crippen LogP contribution in [0.5, 0.6) is 0 Å². The third-order valence-electron chi connectivity index (χ3n) is 2.54. The molecule has 0 radical (unpaired) electrons. The first-order valence-electron chi connectivity index (χ1n) is 5.09. The molecule has 2 rings (SSSR count). The minimum absolute atomic E-state index is 0.679. The number of hydrogen-bond acceptors (Lipinski definition) is 3. The second-order valence-electron chi connectivity index (χ2n) is 3.95. The molecular formula is C10H17N3S. The van der Waals surface area contributed by atoms with Crippen molar-refractivity contribution in [2.45, 2.75) is 38.1 Å². The molecule has 4 heteroatoms. The average molecular weight is 211 g/mol. The topological polar surface area (TPSA) is 40.7 Å². The number of H-pyrrole nitrogens is 1. The molecule has 2 atom stereocenters. The molecule has 1 fully saturated rings. The van der Waals surface area contributed by atoms with Crippen LogP contribution in [0, 0.1) is 6.92 Å². The molecule has 1 aromatic rings. The van der Waals surface area contributed by atoms with Crippen molar-refractivity contribution in [1.82, 2.24) is 15.3 Å². The van der Waals surface area contributed by atoms with Crippen LogP contribution in [0.1, 0.15) is 24.9 Å². The van der Waals surface area contributed by atoms with E-state index in [0.717, 1.165) is 17.6 Å². The van der Waals surface area contributed by atoms with E-state index in [-0.39, 0.29) is 0 Å². The maximum atomic E-state index is 4.18. The minimum Gasteiger partial charge on any atom is -0.345 e. The molecule has 3 nitrogen and oxygen atoms in total. The number of aryl methyl sites for hydroxylation is 1. The highest BCUT2D eigenvalue weighted by Gasteiger charge is 2.20. The lowest BCUT2D eigenvalue weighted by atomic mass is 10.2. The Bertz CT molecular complexity index is 297. The Hall–Kier alpha value is -0.480. The minimum atomic E-state index is 0.679. The smallest absolute Gasteiger partial charge is 0.103 e. The van der Waals surface area contributed by atoms with Crippen molar-refractivity contribution < 1.29 is 0 Å². The van der Waals surface area contributed by atoms with Gasteiger partial charge < -0.3 is 10.3 Å². The van der Waals surface area contributed by atoms with Gasteiger partial charge in [0.25, 0.3) is 0 Å². The summed E-state index contributed by atoms with van der Waals surface area (Å²) in [5.41, 5.74) is 1.19. The molecule has 78 valence electrons. The first-order chi connectivity index (χ1) is 6.74. The Morgan fingerprint density at radius 2 is 2.57 bits per heavy atom. The fourth-order valence-electron chi connectivity index (χ4n) is 1.78. The molecule has 0 saturated carbocycles. The standard InChI is InChI=1S/C10H17N3S/c1-7-3-9(6-14-7)12-5-10-4-11-8(2)13-10/h4,7,9,12H,3,5-6H2,1-2H3,(H,11,13). The second kappa shape index (κ2) is 4.36. The van der Waals surface area contributed by atoms with Gasteiger partial charge in [-0.3, -0.25) is 0 Å². The number of imidazole rings is 1. The van der Waals surface area contributed by atoms with Crippen LogP contribution in [0.15, 0.2) is 6.20 Å². The van der Waals surface area contributed by atoms with Gasteiger partial charge in [0.05, 0.1) is 0 Å². The molecule has 1 aromatic heterocycles. The maximum Gasteiger partial charge on any atom is 0.103 e. The van der Waals surface area contributed by atoms with Gasteiger partial charge in [0.15, 0.2) is 0 Å². The van der Waals surface area contributed by atoms with Crippen molar-refractivity contribution in [3.05, 3.63) is 17.7 Å². The molecule has 1 aliphatic rings. The molecule has 2 N–H and O–H groups in total. The lowest BCUT2D eigenvalue weighted by Crippen LogP contribution is -2.28. The zero-order chi connectivity index (χ0) is 9.97. The number of nitrogens with zero attached hydrogens (tertiary/aromatic N) is 1. The van der Waals surface area contributed by atoms with Crippen LogP contribution >= 0.6 is 11.8 Å². The van der Waals surface area contributed by atoms with Gasteiger partial charge in [-0.15, -0.1) is 0 Å². The summed E-state index contributed by atoms with van der Waals surface area (Å²) in [6.07, 6.45) is 3.20. The van der Waals surface area contributed by atoms with E-state index < -0.39 is 0 Å². The Morgan fingerprint density at radius 1 is 1.71 bits per heavy atom. The van der Waals surface area contributed by atoms with Gasteiger partial charge in [0, 0.05) is 35.5 Å². The van der Waals surface area contributed by atoms with E-state index in [2.05, 4.69) is 34.0 Å². The van der Waals surface area contributed by atoms with E-state index in [0.29, 0.717) is 6.04 Å². The number of nitrogens with one attached hydrogen (secondary N) is 2. The number of aromatic amines is 1. The van der Waals surface area contributed by atoms with E-state index in [1.54, 1.807) is 0 Å². The molecule has 0 aromatic carbocycles. The third-order valence-corrected chi connectivity index (χ3v) is 3.89. The predicted octanol–water partition coefficient (Wildman–Crippen LogP) is 1.70. The van der Waals surface area contributed by atoms with E-state index in [1.807, 2.05) is 13.1 Å². The predicted molar refractivity (Wildman–Crippen MR) is 60.5 cm³/mol. The number of aromatic nitrogens is 2. The summed E-state index contributed by atoms with van der Waals surface area (Å²) in [7, 11) is 0. The van der Waals surface area contributed by atoms with Crippen LogP contribution in [0.25, 0.3) is 0 Å². The summed E-state index contributed by atoms with van der Waals surface area (Å²) < 4.78 is 0. The Morgan fingerprint density at radius 3 is 3.14 bits per heavy atom. The molecule has 0 aliphatic carbocycles. The molecule has 0 bridgehead atoms. The Kier molecular flexibility index (Phi) is 3.13. The van der Waals surface area contributed by atoms with Crippen molar-refractivity contribution in [3.63, 3.8) is 0 Å². The summed E-state index contributed by atoms with van der Waals surface area (Å²) >= 11 is 2.06. The largest absolute Gasteiger partial charge is 0.345 e. The molecule has 2 heterocycles. The van der Waals surface area contributed by atoms with Crippen molar-refractivity contribution in [1.29, 1.82) is 0 Å². The van der Waals surface area contributed by atoms with Gasteiger partial charge >= 0.3 is 0 Å². The summed E-state index contributed by atoms with van der Waals surface area (Å²) in [5.74, 6) is 2.24. The molecule has 2 unspecified atom stereocenters. The average Bonchev–Trinajstić information content (AvgIpc) is 2.72. The van der Waals surface area contributed by atoms with Crippen molar-refractivity contribution in [2.75, 3.05) is 5.75 Å². The highest BCUT2D eigenvalue weighted by molar-refractivity contribution is 8.00. The second-order valence-corrected chi connectivity index (χ2v) is 5.42. The van der Waals surface area contributed by atoms with Crippen molar-refractivity contribution >= 4 is 11.8 Å². The Balaban J connectivity index is 1.77. The zero-order valence-electron chi connectivity index (χ0n) is 8.71. The van der Waals surface area contributed by atoms with Gasteiger partial charge in [0.1, 0.15) is 5.82 Å². The molecule has 0 amide bonds. The van der Waals surface area contributed by atoms with E-state index >= 15 is 0 Å². The van der Waals surface area contributed by atoms with Gasteiger partial charge in [-0.25, -0.2) is 4.98 Å². The van der Waals surface area contributed by atoms with Gasteiger partial charge in [-0.2, -0.15) is 11.8 Å². The maximum absolute atomic E-state index is 4.18. The van der Waals surface area contributed by atoms with Crippen LogP contribution in [0.3, 0.4) is 0 Å². The Labute approximate surface area is 89.1 Å². The number of thioether (sulfide) groups is 1. The zero-order valence-corrected chi connectivity index (χ0v) is 9.53. The van der Waals surface area contributed by atoms with E-state index in [4.69, 9.17) is 0 Å². The molecule has 1 saturated heterocycles. The van der Waals surface area contributed by atoms with Crippen LogP contribution in [0.4, 0.5) is 0 Å². The van der Waals surface area contributed by atoms with Gasteiger partial charge in [-0.1, -0.05) is 6.92 Å². The monoisotopic (exact) mass is 211 g/mol. The van der Waals surface area contributed by atoms with Crippen molar-refractivity contribution in [2.24, 2.45) is 0 Å². The van der Waals surface area contributed by atoms with Crippen LogP contribution in [0.2, 0.25) is 0 Å². The summed E-state index contributed by atoms with van der Waals surface area (Å²) in [5, 5.41) is 4.37. The molecular weight excluding hydrogens is 194 g/mol. The lowest BCUT2D eigenvalue weighted by Gasteiger charge is -2.09. The SMILES string of the molecule is Cc1ncc(CNC2CSC(C)C2)[nH]1. The third kappa shape index (κ3) is 2.51. The first-order valence-corrected chi connectivity index (χ1v) is 6.14. The highest BCUT2D eigenvalue weighted by atomic mass is 32.2. The molecule has 1 aliphatic heterocycles. The fourth-order valence-corrected chi connectivity index (χ4v) is 2.96. The fraction of sp³-hybridized carbons (Fsp3) is 0.700. The number of rotatable bonds is 3. The van der Waals surface area contributed by atoms with Crippen LogP contribution < -0.4 is 5.32 Å². The van der Waals surface area contributed by atoms with E-state index in [1.165, 1.54) is 17.9 Å². The van der Waals surface area contributed by atoms with Crippen molar-refractivity contribution in [3.8, 4) is 0 Å². The number of hydrogen-bond donors (Lipinski definition) is 2.